The predicted molar refractivity (Wildman–Crippen MR) is 137 cm³/mol. The fraction of sp³-hybridized carbons (Fsp3) is 0.240. The number of hydrogen-bond donors (Lipinski definition) is 2. The maximum Gasteiger partial charge on any atom is 0.226 e. The first kappa shape index (κ1) is 23.6. The van der Waals surface area contributed by atoms with Gasteiger partial charge in [-0.3, -0.25) is 14.5 Å². The maximum absolute atomic E-state index is 14.0. The molecule has 0 saturated carbocycles. The van der Waals surface area contributed by atoms with Gasteiger partial charge in [0.1, 0.15) is 18.5 Å². The molecule has 9 nitrogen and oxygen atoms in total. The molecule has 2 unspecified atom stereocenters. The van der Waals surface area contributed by atoms with Gasteiger partial charge in [0.2, 0.25) is 5.91 Å². The molecule has 5 rings (SSSR count). The molecule has 1 amide bonds. The molecule has 1 saturated heterocycles. The second-order valence-corrected chi connectivity index (χ2v) is 8.96. The zero-order valence-corrected chi connectivity index (χ0v) is 20.6. The van der Waals surface area contributed by atoms with Gasteiger partial charge in [0, 0.05) is 36.1 Å². The zero-order chi connectivity index (χ0) is 25.2. The number of pyridine rings is 1. The molecule has 0 bridgehead atoms. The van der Waals surface area contributed by atoms with Gasteiger partial charge in [0.25, 0.3) is 0 Å². The van der Waals surface area contributed by atoms with Crippen molar-refractivity contribution in [3.8, 4) is 0 Å². The zero-order valence-electron chi connectivity index (χ0n) is 19.8. The third kappa shape index (κ3) is 4.44. The van der Waals surface area contributed by atoms with Crippen LogP contribution in [-0.4, -0.2) is 47.0 Å². The van der Waals surface area contributed by atoms with E-state index in [9.17, 15) is 9.18 Å². The Morgan fingerprint density at radius 3 is 2.61 bits per heavy atom. The van der Waals surface area contributed by atoms with Crippen LogP contribution in [0.3, 0.4) is 0 Å². The Labute approximate surface area is 212 Å². The molecular weight excluding hydrogens is 479 g/mol. The van der Waals surface area contributed by atoms with Crippen LogP contribution in [0, 0.1) is 19.7 Å². The van der Waals surface area contributed by atoms with Crippen LogP contribution in [-0.2, 0) is 4.79 Å². The highest BCUT2D eigenvalue weighted by Crippen LogP contribution is 2.40. The molecule has 2 N–H and O–H groups in total. The number of para-hydroxylation sites is 1. The number of benzene rings is 1. The quantitative estimate of drug-likeness (QED) is 0.372. The smallest absolute Gasteiger partial charge is 0.226 e. The van der Waals surface area contributed by atoms with Crippen molar-refractivity contribution >= 4 is 28.9 Å². The number of carbonyl (C=O) groups is 1. The van der Waals surface area contributed by atoms with Crippen LogP contribution < -0.4 is 10.6 Å². The molecule has 2 atom stereocenters. The molecule has 1 fully saturated rings. The minimum absolute atomic E-state index is 0.131. The summed E-state index contributed by atoms with van der Waals surface area (Å²) >= 11 is 5.72. The summed E-state index contributed by atoms with van der Waals surface area (Å²) in [6, 6.07) is 13.5. The second kappa shape index (κ2) is 9.86. The van der Waals surface area contributed by atoms with E-state index in [0.717, 1.165) is 22.6 Å². The molecule has 1 aromatic carbocycles. The lowest BCUT2D eigenvalue weighted by molar-refractivity contribution is -0.116. The molecule has 1 aliphatic heterocycles. The summed E-state index contributed by atoms with van der Waals surface area (Å²) < 4.78 is 17.8. The van der Waals surface area contributed by atoms with Crippen molar-refractivity contribution in [1.82, 2.24) is 34.8 Å². The van der Waals surface area contributed by atoms with E-state index in [2.05, 4.69) is 31.9 Å². The maximum atomic E-state index is 14.0. The molecule has 3 aromatic heterocycles. The van der Waals surface area contributed by atoms with Crippen molar-refractivity contribution < 1.29 is 9.18 Å². The lowest BCUT2D eigenvalue weighted by Gasteiger charge is -2.28. The first-order valence-electron chi connectivity index (χ1n) is 11.5. The fourth-order valence-electron chi connectivity index (χ4n) is 4.71. The van der Waals surface area contributed by atoms with Crippen LogP contribution in [0.2, 0.25) is 0 Å². The van der Waals surface area contributed by atoms with Crippen molar-refractivity contribution in [3.63, 3.8) is 0 Å². The normalized spacial score (nSPS) is 17.3. The molecule has 0 radical (unpaired) electrons. The molecule has 4 aromatic rings. The summed E-state index contributed by atoms with van der Waals surface area (Å²) in [6.45, 7) is 4.39. The lowest BCUT2D eigenvalue weighted by atomic mass is 9.96. The summed E-state index contributed by atoms with van der Waals surface area (Å²) in [5, 5.41) is 14.5. The number of halogens is 1. The van der Waals surface area contributed by atoms with Crippen LogP contribution in [0.15, 0.2) is 67.4 Å². The van der Waals surface area contributed by atoms with Gasteiger partial charge in [-0.05, 0) is 56.4 Å². The van der Waals surface area contributed by atoms with E-state index in [1.54, 1.807) is 31.0 Å². The van der Waals surface area contributed by atoms with Crippen molar-refractivity contribution in [2.45, 2.75) is 32.4 Å². The first-order chi connectivity index (χ1) is 17.4. The number of carbonyl (C=O) groups excluding carboxylic acids is 1. The minimum Gasteiger partial charge on any atom is -0.352 e. The van der Waals surface area contributed by atoms with E-state index in [-0.39, 0.29) is 30.1 Å². The van der Waals surface area contributed by atoms with E-state index >= 15 is 0 Å². The Morgan fingerprint density at radius 1 is 1.14 bits per heavy atom. The summed E-state index contributed by atoms with van der Waals surface area (Å²) in [5.41, 5.74) is 4.03. The average Bonchev–Trinajstić information content (AvgIpc) is 3.58. The fourth-order valence-corrected chi connectivity index (χ4v) is 5.04. The minimum atomic E-state index is -0.473. The Balaban J connectivity index is 1.46. The van der Waals surface area contributed by atoms with Gasteiger partial charge < -0.3 is 15.5 Å². The molecule has 184 valence electrons. The van der Waals surface area contributed by atoms with E-state index < -0.39 is 5.82 Å². The van der Waals surface area contributed by atoms with Crippen LogP contribution in [0.1, 0.15) is 41.1 Å². The molecule has 11 heteroatoms. The van der Waals surface area contributed by atoms with Gasteiger partial charge >= 0.3 is 0 Å². The summed E-state index contributed by atoms with van der Waals surface area (Å²) in [6.07, 6.45) is 5.17. The van der Waals surface area contributed by atoms with Crippen LogP contribution >= 0.6 is 12.2 Å². The third-order valence-electron chi connectivity index (χ3n) is 6.32. The number of aromatic nitrogens is 5. The third-order valence-corrected chi connectivity index (χ3v) is 6.67. The molecule has 0 aliphatic carbocycles. The van der Waals surface area contributed by atoms with E-state index in [0.29, 0.717) is 11.7 Å². The van der Waals surface area contributed by atoms with Crippen LogP contribution in [0.25, 0.3) is 0 Å². The molecular formula is C25H25FN8OS. The number of aryl methyl sites for hydroxylation is 1. The van der Waals surface area contributed by atoms with Crippen molar-refractivity contribution in [1.29, 1.82) is 0 Å². The number of rotatable bonds is 7. The van der Waals surface area contributed by atoms with Crippen molar-refractivity contribution in [3.05, 3.63) is 95.8 Å². The molecule has 36 heavy (non-hydrogen) atoms. The summed E-state index contributed by atoms with van der Waals surface area (Å²) in [7, 11) is 0. The Morgan fingerprint density at radius 2 is 1.89 bits per heavy atom. The SMILES string of the molecule is Cc1cc(C2C(c3ccccn3)NC(=S)N2CCC(=O)Nc2ccccc2F)c(C)n1-n1cnnc1. The molecule has 0 spiro atoms. The topological polar surface area (TPSA) is 92.9 Å². The Kier molecular flexibility index (Phi) is 6.47. The van der Waals surface area contributed by atoms with Gasteiger partial charge in [-0.2, -0.15) is 0 Å². The van der Waals surface area contributed by atoms with E-state index in [1.165, 1.54) is 12.1 Å². The largest absolute Gasteiger partial charge is 0.352 e. The second-order valence-electron chi connectivity index (χ2n) is 8.58. The van der Waals surface area contributed by atoms with Crippen molar-refractivity contribution in [2.75, 3.05) is 11.9 Å². The van der Waals surface area contributed by atoms with Crippen LogP contribution in [0.5, 0.6) is 0 Å². The highest BCUT2D eigenvalue weighted by molar-refractivity contribution is 7.80. The first-order valence-corrected chi connectivity index (χ1v) is 11.9. The number of nitrogens with zero attached hydrogens (tertiary/aromatic N) is 6. The van der Waals surface area contributed by atoms with Gasteiger partial charge in [-0.15, -0.1) is 10.2 Å². The van der Waals surface area contributed by atoms with E-state index in [1.807, 2.05) is 46.3 Å². The monoisotopic (exact) mass is 504 g/mol. The van der Waals surface area contributed by atoms with Gasteiger partial charge in [-0.1, -0.05) is 18.2 Å². The number of anilines is 1. The highest BCUT2D eigenvalue weighted by Gasteiger charge is 2.41. The average molecular weight is 505 g/mol. The van der Waals surface area contributed by atoms with Gasteiger partial charge in [-0.25, -0.2) is 9.07 Å². The highest BCUT2D eigenvalue weighted by atomic mass is 32.1. The van der Waals surface area contributed by atoms with Crippen molar-refractivity contribution in [2.24, 2.45) is 0 Å². The summed E-state index contributed by atoms with van der Waals surface area (Å²) in [4.78, 5) is 19.3. The number of nitrogens with one attached hydrogen (secondary N) is 2. The van der Waals surface area contributed by atoms with E-state index in [4.69, 9.17) is 12.2 Å². The molecule has 1 aliphatic rings. The van der Waals surface area contributed by atoms with Gasteiger partial charge in [0.15, 0.2) is 5.11 Å². The standard InChI is InChI=1S/C25H25FN8OS/c1-16-13-18(17(2)34(16)32-14-28-29-15-32)24-23(21-9-5-6-11-27-21)31-25(36)33(24)12-10-22(35)30-20-8-4-3-7-19(20)26/h3-9,11,13-15,23-24H,10,12H2,1-2H3,(H,30,35)(H,31,36). The number of amides is 1. The number of hydrogen-bond acceptors (Lipinski definition) is 5. The Bertz CT molecular complexity index is 1390. The Hall–Kier alpha value is -4.12. The van der Waals surface area contributed by atoms with Gasteiger partial charge in [0.05, 0.1) is 23.5 Å². The molecule has 4 heterocycles. The predicted octanol–water partition coefficient (Wildman–Crippen LogP) is 3.54. The lowest BCUT2D eigenvalue weighted by Crippen LogP contribution is -2.33. The number of thiocarbonyl (C=S) groups is 1. The summed E-state index contributed by atoms with van der Waals surface area (Å²) in [5.74, 6) is -0.767. The van der Waals surface area contributed by atoms with Crippen LogP contribution in [0.4, 0.5) is 10.1 Å².